The van der Waals surface area contributed by atoms with Gasteiger partial charge in [-0.15, -0.1) is 6.42 Å². The third-order valence-electron chi connectivity index (χ3n) is 1.65. The van der Waals surface area contributed by atoms with E-state index in [1.54, 1.807) is 0 Å². The average molecular weight is 249 g/mol. The van der Waals surface area contributed by atoms with Gasteiger partial charge in [0.15, 0.2) is 0 Å². The van der Waals surface area contributed by atoms with Gasteiger partial charge in [0.2, 0.25) is 0 Å². The predicted octanol–water partition coefficient (Wildman–Crippen LogP) is 3.33. The summed E-state index contributed by atoms with van der Waals surface area (Å²) in [7, 11) is 0. The zero-order chi connectivity index (χ0) is 8.81. The Balaban J connectivity index is 0.000000215. The van der Waals surface area contributed by atoms with Crippen molar-refractivity contribution < 1.29 is 26.2 Å². The van der Waals surface area contributed by atoms with Crippen molar-refractivity contribution in [1.82, 2.24) is 0 Å². The quantitative estimate of drug-likeness (QED) is 0.619. The molecule has 0 saturated carbocycles. The summed E-state index contributed by atoms with van der Waals surface area (Å²) in [4.78, 5) is 0. The minimum absolute atomic E-state index is 0. The largest absolute Gasteiger partial charge is 2.00 e. The van der Waals surface area contributed by atoms with Crippen LogP contribution in [0.15, 0.2) is 36.4 Å². The molecule has 1 aliphatic carbocycles. The van der Waals surface area contributed by atoms with Gasteiger partial charge in [-0.05, 0) is 0 Å². The molecule has 0 aromatic heterocycles. The summed E-state index contributed by atoms with van der Waals surface area (Å²) < 4.78 is 0. The minimum Gasteiger partial charge on any atom is -0.273 e. The van der Waals surface area contributed by atoms with Crippen molar-refractivity contribution in [2.75, 3.05) is 0 Å². The van der Waals surface area contributed by atoms with Crippen LogP contribution in [0.3, 0.4) is 0 Å². The Bertz CT molecular complexity index is 253. The van der Waals surface area contributed by atoms with E-state index in [-0.39, 0.29) is 26.2 Å². The van der Waals surface area contributed by atoms with Gasteiger partial charge in [0.25, 0.3) is 0 Å². The summed E-state index contributed by atoms with van der Waals surface area (Å²) in [5.41, 5.74) is 2.72. The van der Waals surface area contributed by atoms with E-state index in [2.05, 4.69) is 44.2 Å². The zero-order valence-corrected chi connectivity index (χ0v) is 10.6. The average Bonchev–Trinajstić information content (AvgIpc) is 2.63. The van der Waals surface area contributed by atoms with Gasteiger partial charge >= 0.3 is 26.2 Å². The second-order valence-corrected chi connectivity index (χ2v) is 2.97. The van der Waals surface area contributed by atoms with Gasteiger partial charge in [-0.25, -0.2) is 23.8 Å². The Morgan fingerprint density at radius 1 is 1.46 bits per heavy atom. The molecule has 0 unspecified atom stereocenters. The van der Waals surface area contributed by atoms with E-state index in [1.165, 1.54) is 11.1 Å². The third kappa shape index (κ3) is 5.88. The molecule has 0 nitrogen and oxygen atoms in total. The maximum atomic E-state index is 2.99. The van der Waals surface area contributed by atoms with Crippen LogP contribution in [0.1, 0.15) is 17.5 Å². The Labute approximate surface area is 99.8 Å². The molecule has 0 N–H and O–H groups in total. The molecule has 0 atom stereocenters. The van der Waals surface area contributed by atoms with E-state index >= 15 is 0 Å². The first-order valence-electron chi connectivity index (χ1n) is 4.21. The smallest absolute Gasteiger partial charge is 0.273 e. The standard InChI is InChI=1S/C7H9.C5H5.Zr/c1-6-3-4-7(2)5-6;1-2-4-5-3-1;/h3-5H,1-2H3;1-3H,4H2;/q2*-1;+2. The van der Waals surface area contributed by atoms with E-state index in [0.717, 1.165) is 6.42 Å². The maximum absolute atomic E-state index is 2.99. The fourth-order valence-electron chi connectivity index (χ4n) is 1.06. The molecule has 1 heteroatoms. The van der Waals surface area contributed by atoms with Crippen molar-refractivity contribution in [3.63, 3.8) is 0 Å². The van der Waals surface area contributed by atoms with Gasteiger partial charge in [0.1, 0.15) is 0 Å². The van der Waals surface area contributed by atoms with E-state index in [9.17, 15) is 0 Å². The monoisotopic (exact) mass is 248 g/mol. The van der Waals surface area contributed by atoms with Gasteiger partial charge in [0.05, 0.1) is 0 Å². The van der Waals surface area contributed by atoms with Gasteiger partial charge in [-0.3, -0.25) is 6.08 Å². The number of aryl methyl sites for hydroxylation is 2. The van der Waals surface area contributed by atoms with Crippen LogP contribution in [0.2, 0.25) is 0 Å². The zero-order valence-electron chi connectivity index (χ0n) is 8.17. The van der Waals surface area contributed by atoms with Crippen LogP contribution < -0.4 is 0 Å². The molecule has 66 valence electrons. The fourth-order valence-corrected chi connectivity index (χ4v) is 1.06. The van der Waals surface area contributed by atoms with Crippen LogP contribution >= 0.6 is 0 Å². The van der Waals surface area contributed by atoms with Crippen molar-refractivity contribution in [3.8, 4) is 0 Å². The fraction of sp³-hybridized carbons (Fsp3) is 0.250. The second kappa shape index (κ2) is 7.15. The first-order valence-corrected chi connectivity index (χ1v) is 4.21. The van der Waals surface area contributed by atoms with Crippen molar-refractivity contribution >= 4 is 0 Å². The summed E-state index contributed by atoms with van der Waals surface area (Å²) in [5, 5.41) is 0. The molecule has 0 radical (unpaired) electrons. The van der Waals surface area contributed by atoms with Crippen LogP contribution in [0.4, 0.5) is 0 Å². The molecule has 13 heavy (non-hydrogen) atoms. The van der Waals surface area contributed by atoms with Gasteiger partial charge in [-0.2, -0.15) is 23.8 Å². The SMILES string of the molecule is Cc1cc[c-](C)c1.[C-]1=CC=CC1.[Zr+2]. The van der Waals surface area contributed by atoms with Crippen molar-refractivity contribution in [2.24, 2.45) is 0 Å². The van der Waals surface area contributed by atoms with E-state index in [0.29, 0.717) is 0 Å². The number of rotatable bonds is 0. The first kappa shape index (κ1) is 12.7. The van der Waals surface area contributed by atoms with Crippen LogP contribution in [0.5, 0.6) is 0 Å². The van der Waals surface area contributed by atoms with Crippen molar-refractivity contribution in [1.29, 1.82) is 0 Å². The number of hydrogen-bond donors (Lipinski definition) is 0. The molecule has 0 aliphatic heterocycles. The van der Waals surface area contributed by atoms with Crippen LogP contribution in [0.25, 0.3) is 0 Å². The molecule has 0 spiro atoms. The van der Waals surface area contributed by atoms with Crippen molar-refractivity contribution in [3.05, 3.63) is 53.6 Å². The van der Waals surface area contributed by atoms with Crippen LogP contribution in [0, 0.1) is 19.9 Å². The molecule has 0 amide bonds. The second-order valence-electron chi connectivity index (χ2n) is 2.97. The maximum Gasteiger partial charge on any atom is 2.00 e. The first-order chi connectivity index (χ1) is 5.79. The number of allylic oxidation sites excluding steroid dienone is 4. The van der Waals surface area contributed by atoms with Gasteiger partial charge in [-0.1, -0.05) is 13.8 Å². The summed E-state index contributed by atoms with van der Waals surface area (Å²) >= 11 is 0. The molecule has 0 heterocycles. The van der Waals surface area contributed by atoms with Crippen molar-refractivity contribution in [2.45, 2.75) is 20.3 Å². The van der Waals surface area contributed by atoms with E-state index < -0.39 is 0 Å². The van der Waals surface area contributed by atoms with Gasteiger partial charge < -0.3 is 0 Å². The Morgan fingerprint density at radius 3 is 2.38 bits per heavy atom. The molecule has 2 rings (SSSR count). The Hall–Kier alpha value is -0.287. The molecular formula is C12H14Zr. The minimum atomic E-state index is 0. The van der Waals surface area contributed by atoms with E-state index in [1.807, 2.05) is 12.2 Å². The molecule has 0 fully saturated rings. The molecule has 1 aromatic rings. The molecule has 0 bridgehead atoms. The predicted molar refractivity (Wildman–Crippen MR) is 53.1 cm³/mol. The Kier molecular flexibility index (Phi) is 6.99. The van der Waals surface area contributed by atoms with E-state index in [4.69, 9.17) is 0 Å². The summed E-state index contributed by atoms with van der Waals surface area (Å²) in [6, 6.07) is 6.41. The molecule has 0 saturated heterocycles. The topological polar surface area (TPSA) is 0 Å². The molecular weight excluding hydrogens is 235 g/mol. The normalized spacial score (nSPS) is 11.8. The Morgan fingerprint density at radius 2 is 2.23 bits per heavy atom. The summed E-state index contributed by atoms with van der Waals surface area (Å²) in [5.74, 6) is 0. The molecule has 1 aromatic carbocycles. The summed E-state index contributed by atoms with van der Waals surface area (Å²) in [6.07, 6.45) is 10.0. The summed E-state index contributed by atoms with van der Waals surface area (Å²) in [6.45, 7) is 4.21. The van der Waals surface area contributed by atoms with Crippen LogP contribution in [-0.4, -0.2) is 0 Å². The third-order valence-corrected chi connectivity index (χ3v) is 1.65. The molecule has 1 aliphatic rings. The van der Waals surface area contributed by atoms with Crippen LogP contribution in [-0.2, 0) is 26.2 Å². The van der Waals surface area contributed by atoms with Gasteiger partial charge in [0, 0.05) is 0 Å². The number of hydrogen-bond acceptors (Lipinski definition) is 0.